The number of amides is 2. The molecule has 8 heteroatoms. The zero-order valence-electron chi connectivity index (χ0n) is 20.3. The Kier molecular flexibility index (Phi) is 8.13. The molecular weight excluding hydrogens is 446 g/mol. The van der Waals surface area contributed by atoms with E-state index in [1.165, 1.54) is 28.6 Å². The Balaban J connectivity index is 1.47. The van der Waals surface area contributed by atoms with Crippen LogP contribution in [0.15, 0.2) is 47.4 Å². The summed E-state index contributed by atoms with van der Waals surface area (Å²) in [5.41, 5.74) is 4.52. The number of carbonyl (C=O) groups is 2. The summed E-state index contributed by atoms with van der Waals surface area (Å²) in [6.45, 7) is 5.32. The number of nitrogens with zero attached hydrogens (tertiary/aromatic N) is 3. The van der Waals surface area contributed by atoms with Crippen LogP contribution in [-0.2, 0) is 16.0 Å². The Morgan fingerprint density at radius 3 is 2.53 bits per heavy atom. The largest absolute Gasteiger partial charge is 0.374 e. The lowest BCUT2D eigenvalue weighted by molar-refractivity contribution is -0.136. The Labute approximate surface area is 206 Å². The van der Waals surface area contributed by atoms with Gasteiger partial charge in [0.05, 0.1) is 11.7 Å². The third-order valence-corrected chi connectivity index (χ3v) is 7.63. The van der Waals surface area contributed by atoms with Crippen LogP contribution < -0.4 is 15.5 Å². The molecule has 2 aromatic carbocycles. The highest BCUT2D eigenvalue weighted by Gasteiger charge is 2.27. The quantitative estimate of drug-likeness (QED) is 0.489. The fourth-order valence-corrected chi connectivity index (χ4v) is 5.35. The molecule has 2 amide bonds. The summed E-state index contributed by atoms with van der Waals surface area (Å²) in [4.78, 5) is 33.3. The van der Waals surface area contributed by atoms with Crippen LogP contribution in [0, 0.1) is 0 Å². The van der Waals surface area contributed by atoms with Gasteiger partial charge in [-0.15, -0.1) is 11.8 Å². The van der Waals surface area contributed by atoms with Crippen molar-refractivity contribution in [1.29, 1.82) is 0 Å². The van der Waals surface area contributed by atoms with Crippen molar-refractivity contribution in [3.8, 4) is 0 Å². The molecule has 2 N–H and O–H groups in total. The minimum atomic E-state index is -0.634. The van der Waals surface area contributed by atoms with Gasteiger partial charge in [-0.2, -0.15) is 0 Å². The Bertz CT molecular complexity index is 1020. The number of rotatable bonds is 6. The number of carbonyl (C=O) groups excluding carboxylic acids is 2. The Morgan fingerprint density at radius 2 is 1.76 bits per heavy atom. The minimum absolute atomic E-state index is 0.0291. The van der Waals surface area contributed by atoms with Gasteiger partial charge in [0, 0.05) is 56.9 Å². The van der Waals surface area contributed by atoms with Crippen LogP contribution in [0.1, 0.15) is 23.6 Å². The summed E-state index contributed by atoms with van der Waals surface area (Å²) in [7, 11) is 4.28. The summed E-state index contributed by atoms with van der Waals surface area (Å²) in [6.07, 6.45) is 4.18. The summed E-state index contributed by atoms with van der Waals surface area (Å²) in [5, 5.41) is 5.67. The van der Waals surface area contributed by atoms with Crippen LogP contribution in [0.5, 0.6) is 0 Å². The summed E-state index contributed by atoms with van der Waals surface area (Å²) in [6, 6.07) is 14.2. The normalized spacial score (nSPS) is 17.7. The number of likely N-dealkylation sites (N-methyl/N-ethyl adjacent to an activating group) is 1. The van der Waals surface area contributed by atoms with Crippen molar-refractivity contribution in [2.45, 2.75) is 23.8 Å². The van der Waals surface area contributed by atoms with Crippen molar-refractivity contribution >= 4 is 35.0 Å². The maximum atomic E-state index is 12.7. The van der Waals surface area contributed by atoms with E-state index in [-0.39, 0.29) is 6.04 Å². The fourth-order valence-electron chi connectivity index (χ4n) is 4.80. The van der Waals surface area contributed by atoms with Gasteiger partial charge in [0.15, 0.2) is 0 Å². The van der Waals surface area contributed by atoms with E-state index in [9.17, 15) is 9.59 Å². The zero-order chi connectivity index (χ0) is 24.1. The number of fused-ring (bicyclic) bond motifs is 1. The van der Waals surface area contributed by atoms with E-state index in [1.54, 1.807) is 0 Å². The van der Waals surface area contributed by atoms with Gasteiger partial charge >= 0.3 is 11.8 Å². The number of para-hydroxylation sites is 1. The van der Waals surface area contributed by atoms with E-state index < -0.39 is 11.8 Å². The predicted molar refractivity (Wildman–Crippen MR) is 140 cm³/mol. The highest BCUT2D eigenvalue weighted by atomic mass is 32.2. The summed E-state index contributed by atoms with van der Waals surface area (Å²) < 4.78 is 0. The molecule has 182 valence electrons. The molecular formula is C26H35N5O2S. The van der Waals surface area contributed by atoms with Crippen LogP contribution in [0.3, 0.4) is 0 Å². The molecule has 2 aliphatic rings. The predicted octanol–water partition coefficient (Wildman–Crippen LogP) is 2.83. The first kappa shape index (κ1) is 24.6. The second-order valence-electron chi connectivity index (χ2n) is 9.13. The number of piperazine rings is 1. The molecule has 0 spiro atoms. The van der Waals surface area contributed by atoms with E-state index >= 15 is 0 Å². The van der Waals surface area contributed by atoms with Gasteiger partial charge in [-0.05, 0) is 55.5 Å². The third-order valence-electron chi connectivity index (χ3n) is 6.84. The van der Waals surface area contributed by atoms with Crippen molar-refractivity contribution in [2.75, 3.05) is 69.8 Å². The molecule has 1 fully saturated rings. The van der Waals surface area contributed by atoms with Gasteiger partial charge in [0.2, 0.25) is 0 Å². The molecule has 0 unspecified atom stereocenters. The highest BCUT2D eigenvalue weighted by molar-refractivity contribution is 7.98. The van der Waals surface area contributed by atoms with E-state index in [0.29, 0.717) is 12.2 Å². The number of hydrogen-bond acceptors (Lipinski definition) is 6. The zero-order valence-corrected chi connectivity index (χ0v) is 21.2. The van der Waals surface area contributed by atoms with E-state index in [2.05, 4.69) is 57.6 Å². The van der Waals surface area contributed by atoms with Crippen molar-refractivity contribution in [3.63, 3.8) is 0 Å². The topological polar surface area (TPSA) is 67.9 Å². The molecule has 0 bridgehead atoms. The van der Waals surface area contributed by atoms with Gasteiger partial charge in [-0.3, -0.25) is 14.5 Å². The van der Waals surface area contributed by atoms with E-state index in [4.69, 9.17) is 0 Å². The van der Waals surface area contributed by atoms with Gasteiger partial charge in [0.1, 0.15) is 0 Å². The summed E-state index contributed by atoms with van der Waals surface area (Å²) >= 11 is 1.53. The average Bonchev–Trinajstić information content (AvgIpc) is 2.85. The molecule has 4 rings (SSSR count). The van der Waals surface area contributed by atoms with Gasteiger partial charge in [0.25, 0.3) is 0 Å². The Hall–Kier alpha value is -2.55. The van der Waals surface area contributed by atoms with Crippen molar-refractivity contribution in [2.24, 2.45) is 0 Å². The van der Waals surface area contributed by atoms with E-state index in [1.807, 2.05) is 30.5 Å². The lowest BCUT2D eigenvalue weighted by atomic mass is 9.95. The molecule has 2 aromatic rings. The maximum Gasteiger partial charge on any atom is 0.313 e. The SMILES string of the molecule is CSc1ccccc1NC(=O)C(=O)NC[C@H](c1ccc2c(c1)CCCN2C)N1CCN(C)CC1. The lowest BCUT2D eigenvalue weighted by Gasteiger charge is -2.39. The maximum absolute atomic E-state index is 12.7. The van der Waals surface area contributed by atoms with Crippen LogP contribution in [-0.4, -0.2) is 81.2 Å². The Morgan fingerprint density at radius 1 is 1.00 bits per heavy atom. The monoisotopic (exact) mass is 481 g/mol. The van der Waals surface area contributed by atoms with Crippen LogP contribution in [0.2, 0.25) is 0 Å². The highest BCUT2D eigenvalue weighted by Crippen LogP contribution is 2.31. The van der Waals surface area contributed by atoms with Gasteiger partial charge in [-0.1, -0.05) is 24.3 Å². The van der Waals surface area contributed by atoms with E-state index in [0.717, 1.165) is 50.5 Å². The lowest BCUT2D eigenvalue weighted by Crippen LogP contribution is -2.49. The van der Waals surface area contributed by atoms with Crippen LogP contribution in [0.25, 0.3) is 0 Å². The number of thioether (sulfide) groups is 1. The van der Waals surface area contributed by atoms with Crippen LogP contribution in [0.4, 0.5) is 11.4 Å². The molecule has 0 saturated carbocycles. The second-order valence-corrected chi connectivity index (χ2v) is 9.98. The molecule has 1 saturated heterocycles. The molecule has 2 aliphatic heterocycles. The molecule has 2 heterocycles. The average molecular weight is 482 g/mol. The standard InChI is InChI=1S/C26H35N5O2S/c1-29-13-15-31(16-14-29)23(20-10-11-22-19(17-20)7-6-12-30(22)2)18-27-25(32)26(33)28-21-8-4-5-9-24(21)34-3/h4-5,8-11,17,23H,6-7,12-16,18H2,1-3H3,(H,27,32)(H,28,33)/t23-/m1/s1. The number of hydrogen-bond donors (Lipinski definition) is 2. The molecule has 0 radical (unpaired) electrons. The molecule has 34 heavy (non-hydrogen) atoms. The number of benzene rings is 2. The first-order valence-corrected chi connectivity index (χ1v) is 13.2. The number of nitrogens with one attached hydrogen (secondary N) is 2. The molecule has 1 atom stereocenters. The van der Waals surface area contributed by atoms with Crippen molar-refractivity contribution < 1.29 is 9.59 Å². The smallest absolute Gasteiger partial charge is 0.313 e. The second kappa shape index (κ2) is 11.3. The number of aryl methyl sites for hydroxylation is 1. The first-order valence-electron chi connectivity index (χ1n) is 11.9. The van der Waals surface area contributed by atoms with Crippen molar-refractivity contribution in [3.05, 3.63) is 53.6 Å². The minimum Gasteiger partial charge on any atom is -0.374 e. The molecule has 7 nitrogen and oxygen atoms in total. The van der Waals surface area contributed by atoms with Crippen molar-refractivity contribution in [1.82, 2.24) is 15.1 Å². The summed E-state index contributed by atoms with van der Waals surface area (Å²) in [5.74, 6) is -1.24. The number of anilines is 2. The molecule has 0 aromatic heterocycles. The van der Waals surface area contributed by atoms with Gasteiger partial charge < -0.3 is 20.4 Å². The van der Waals surface area contributed by atoms with Gasteiger partial charge in [-0.25, -0.2) is 0 Å². The van der Waals surface area contributed by atoms with Crippen LogP contribution >= 0.6 is 11.8 Å². The first-order chi connectivity index (χ1) is 16.5. The molecule has 0 aliphatic carbocycles. The fraction of sp³-hybridized carbons (Fsp3) is 0.462. The third kappa shape index (κ3) is 5.74.